The van der Waals surface area contributed by atoms with Crippen molar-refractivity contribution in [2.45, 2.75) is 32.7 Å². The van der Waals surface area contributed by atoms with E-state index in [-0.39, 0.29) is 0 Å². The molecular formula is C14H20N2S. The zero-order valence-corrected chi connectivity index (χ0v) is 11.6. The quantitative estimate of drug-likeness (QED) is 0.865. The molecule has 0 aliphatic rings. The molecule has 0 spiro atoms. The lowest BCUT2D eigenvalue weighted by molar-refractivity contribution is 0.359. The maximum Gasteiger partial charge on any atom is 0.0809 e. The average molecular weight is 248 g/mol. The molecule has 0 saturated heterocycles. The van der Waals surface area contributed by atoms with E-state index in [1.807, 2.05) is 13.2 Å². The van der Waals surface area contributed by atoms with Crippen molar-refractivity contribution < 1.29 is 0 Å². The van der Waals surface area contributed by atoms with Gasteiger partial charge in [0.2, 0.25) is 0 Å². The molecule has 2 rings (SSSR count). The van der Waals surface area contributed by atoms with E-state index in [1.165, 1.54) is 23.1 Å². The fourth-order valence-electron chi connectivity index (χ4n) is 2.47. The summed E-state index contributed by atoms with van der Waals surface area (Å²) < 4.78 is 1.29. The second-order valence-corrected chi connectivity index (χ2v) is 5.36. The van der Waals surface area contributed by atoms with Gasteiger partial charge in [0.1, 0.15) is 0 Å². The number of aromatic nitrogens is 1. The Morgan fingerprint density at radius 3 is 2.76 bits per heavy atom. The fourth-order valence-corrected chi connectivity index (χ4v) is 3.26. The van der Waals surface area contributed by atoms with Gasteiger partial charge in [-0.2, -0.15) is 0 Å². The van der Waals surface area contributed by atoms with Gasteiger partial charge in [0.25, 0.3) is 0 Å². The lowest BCUT2D eigenvalue weighted by Gasteiger charge is -2.25. The highest BCUT2D eigenvalue weighted by Gasteiger charge is 2.19. The Labute approximate surface area is 107 Å². The van der Waals surface area contributed by atoms with E-state index in [4.69, 9.17) is 0 Å². The van der Waals surface area contributed by atoms with Crippen LogP contribution in [-0.2, 0) is 0 Å². The zero-order valence-electron chi connectivity index (χ0n) is 10.7. The third-order valence-electron chi connectivity index (χ3n) is 3.51. The van der Waals surface area contributed by atoms with Crippen molar-refractivity contribution in [2.75, 3.05) is 7.05 Å². The highest BCUT2D eigenvalue weighted by atomic mass is 32.1. The van der Waals surface area contributed by atoms with Crippen molar-refractivity contribution in [1.29, 1.82) is 0 Å². The number of hydrogen-bond donors (Lipinski definition) is 1. The molecule has 92 valence electrons. The highest BCUT2D eigenvalue weighted by molar-refractivity contribution is 7.17. The van der Waals surface area contributed by atoms with E-state index in [1.54, 1.807) is 11.3 Å². The number of rotatable bonds is 5. The van der Waals surface area contributed by atoms with Crippen LogP contribution in [0.25, 0.3) is 10.2 Å². The van der Waals surface area contributed by atoms with Crippen LogP contribution in [0.15, 0.2) is 23.7 Å². The molecule has 2 aromatic rings. The van der Waals surface area contributed by atoms with Crippen molar-refractivity contribution in [3.8, 4) is 0 Å². The summed E-state index contributed by atoms with van der Waals surface area (Å²) in [5.74, 6) is 0.680. The Balaban J connectivity index is 2.34. The molecule has 17 heavy (non-hydrogen) atoms. The first-order valence-electron chi connectivity index (χ1n) is 6.30. The first-order chi connectivity index (χ1) is 8.30. The summed E-state index contributed by atoms with van der Waals surface area (Å²) >= 11 is 1.77. The minimum Gasteiger partial charge on any atom is -0.313 e. The Hall–Kier alpha value is -0.930. The zero-order chi connectivity index (χ0) is 12.3. The molecule has 3 heteroatoms. The number of nitrogens with zero attached hydrogens (tertiary/aromatic N) is 1. The number of fused-ring (bicyclic) bond motifs is 1. The summed E-state index contributed by atoms with van der Waals surface area (Å²) in [6, 6.07) is 4.78. The van der Waals surface area contributed by atoms with E-state index in [0.29, 0.717) is 12.0 Å². The first-order valence-corrected chi connectivity index (χ1v) is 7.18. The molecule has 1 atom stereocenters. The maximum absolute atomic E-state index is 4.53. The van der Waals surface area contributed by atoms with Gasteiger partial charge >= 0.3 is 0 Å². The van der Waals surface area contributed by atoms with Gasteiger partial charge in [0.15, 0.2) is 0 Å². The van der Waals surface area contributed by atoms with Crippen LogP contribution in [0.4, 0.5) is 0 Å². The van der Waals surface area contributed by atoms with Crippen molar-refractivity contribution in [3.63, 3.8) is 0 Å². The van der Waals surface area contributed by atoms with Crippen molar-refractivity contribution in [3.05, 3.63) is 29.3 Å². The molecule has 2 aromatic heterocycles. The van der Waals surface area contributed by atoms with E-state index in [9.17, 15) is 0 Å². The molecule has 0 saturated carbocycles. The Morgan fingerprint density at radius 2 is 2.12 bits per heavy atom. The Bertz CT molecular complexity index is 474. The largest absolute Gasteiger partial charge is 0.313 e. The van der Waals surface area contributed by atoms with Crippen LogP contribution in [0.5, 0.6) is 0 Å². The van der Waals surface area contributed by atoms with Gasteiger partial charge in [-0.25, -0.2) is 0 Å². The van der Waals surface area contributed by atoms with Gasteiger partial charge in [-0.3, -0.25) is 4.98 Å². The molecule has 2 heterocycles. The van der Waals surface area contributed by atoms with Crippen LogP contribution in [0.1, 0.15) is 38.3 Å². The fraction of sp³-hybridized carbons (Fsp3) is 0.500. The Kier molecular flexibility index (Phi) is 4.13. The minimum atomic E-state index is 0.420. The third-order valence-corrected chi connectivity index (χ3v) is 4.37. The SMILES string of the molecule is CCC(CC)C(NC)c1cnc2ccsc2c1. The summed E-state index contributed by atoms with van der Waals surface area (Å²) in [4.78, 5) is 4.53. The van der Waals surface area contributed by atoms with Crippen LogP contribution in [0, 0.1) is 5.92 Å². The molecule has 0 fully saturated rings. The summed E-state index contributed by atoms with van der Waals surface area (Å²) in [5, 5.41) is 5.55. The molecule has 2 nitrogen and oxygen atoms in total. The third kappa shape index (κ3) is 2.50. The lowest BCUT2D eigenvalue weighted by Crippen LogP contribution is -2.24. The van der Waals surface area contributed by atoms with E-state index < -0.39 is 0 Å². The van der Waals surface area contributed by atoms with Crippen LogP contribution < -0.4 is 5.32 Å². The smallest absolute Gasteiger partial charge is 0.0809 e. The summed E-state index contributed by atoms with van der Waals surface area (Å²) in [7, 11) is 2.04. The Morgan fingerprint density at radius 1 is 1.35 bits per heavy atom. The first kappa shape index (κ1) is 12.5. The standard InChI is InChI=1S/C14H20N2S/c1-4-10(5-2)14(15-3)11-8-13-12(16-9-11)6-7-17-13/h6-10,14-15H,4-5H2,1-3H3. The van der Waals surface area contributed by atoms with Gasteiger partial charge in [0.05, 0.1) is 10.2 Å². The van der Waals surface area contributed by atoms with E-state index >= 15 is 0 Å². The van der Waals surface area contributed by atoms with Gasteiger partial charge < -0.3 is 5.32 Å². The molecule has 1 unspecified atom stereocenters. The minimum absolute atomic E-state index is 0.420. The van der Waals surface area contributed by atoms with Crippen LogP contribution >= 0.6 is 11.3 Å². The number of hydrogen-bond acceptors (Lipinski definition) is 3. The van der Waals surface area contributed by atoms with Gasteiger partial charge in [0, 0.05) is 12.2 Å². The van der Waals surface area contributed by atoms with E-state index in [2.05, 4.69) is 41.7 Å². The lowest BCUT2D eigenvalue weighted by atomic mass is 9.90. The summed E-state index contributed by atoms with van der Waals surface area (Å²) in [5.41, 5.74) is 2.43. The van der Waals surface area contributed by atoms with Crippen molar-refractivity contribution in [2.24, 2.45) is 5.92 Å². The molecule has 0 amide bonds. The monoisotopic (exact) mass is 248 g/mol. The van der Waals surface area contributed by atoms with Gasteiger partial charge in [-0.15, -0.1) is 11.3 Å². The predicted molar refractivity (Wildman–Crippen MR) is 75.5 cm³/mol. The molecule has 0 bridgehead atoms. The maximum atomic E-state index is 4.53. The second kappa shape index (κ2) is 5.61. The van der Waals surface area contributed by atoms with Crippen LogP contribution in [0.3, 0.4) is 0 Å². The van der Waals surface area contributed by atoms with Gasteiger partial charge in [-0.1, -0.05) is 26.7 Å². The van der Waals surface area contributed by atoms with E-state index in [0.717, 1.165) is 5.52 Å². The number of thiophene rings is 1. The average Bonchev–Trinajstić information content (AvgIpc) is 2.82. The molecule has 0 aromatic carbocycles. The molecule has 0 radical (unpaired) electrons. The van der Waals surface area contributed by atoms with Gasteiger partial charge in [-0.05, 0) is 36.0 Å². The molecular weight excluding hydrogens is 228 g/mol. The molecule has 1 N–H and O–H groups in total. The molecule has 0 aliphatic heterocycles. The van der Waals surface area contributed by atoms with Crippen molar-refractivity contribution >= 4 is 21.6 Å². The summed E-state index contributed by atoms with van der Waals surface area (Å²) in [6.45, 7) is 4.52. The summed E-state index contributed by atoms with van der Waals surface area (Å²) in [6.07, 6.45) is 4.42. The normalized spacial score (nSPS) is 13.4. The van der Waals surface area contributed by atoms with Crippen molar-refractivity contribution in [1.82, 2.24) is 10.3 Å². The van der Waals surface area contributed by atoms with Crippen LogP contribution in [-0.4, -0.2) is 12.0 Å². The molecule has 0 aliphatic carbocycles. The highest BCUT2D eigenvalue weighted by Crippen LogP contribution is 2.29. The topological polar surface area (TPSA) is 24.9 Å². The second-order valence-electron chi connectivity index (χ2n) is 4.42. The van der Waals surface area contributed by atoms with Crippen LogP contribution in [0.2, 0.25) is 0 Å². The number of pyridine rings is 1. The predicted octanol–water partition coefficient (Wildman–Crippen LogP) is 3.99. The number of nitrogens with one attached hydrogen (secondary N) is 1.